The number of esters is 2. The van der Waals surface area contributed by atoms with Crippen molar-refractivity contribution in [3.05, 3.63) is 66.2 Å². The fourth-order valence-electron chi connectivity index (χ4n) is 4.60. The van der Waals surface area contributed by atoms with Crippen LogP contribution >= 0.6 is 0 Å². The normalized spacial score (nSPS) is 13.7. The fraction of sp³-hybridized carbons (Fsp3) is 0.440. The van der Waals surface area contributed by atoms with Crippen LogP contribution in [0.15, 0.2) is 60.7 Å². The average molecular weight is 427 g/mol. The first-order valence-electron chi connectivity index (χ1n) is 10.5. The minimum atomic E-state index is -1.91. The lowest BCUT2D eigenvalue weighted by molar-refractivity contribution is -0.160. The molecule has 2 aromatic carbocycles. The van der Waals surface area contributed by atoms with Gasteiger partial charge in [0.05, 0.1) is 22.3 Å². The van der Waals surface area contributed by atoms with E-state index >= 15 is 0 Å². The van der Waals surface area contributed by atoms with Crippen molar-refractivity contribution in [1.29, 1.82) is 0 Å². The summed E-state index contributed by atoms with van der Waals surface area (Å²) in [7, 11) is 0.737. The number of carbonyl (C=O) groups excluding carboxylic acids is 2. The van der Waals surface area contributed by atoms with Gasteiger partial charge >= 0.3 is 11.9 Å². The number of rotatable bonds is 9. The number of hydrogen-bond donors (Lipinski definition) is 0. The van der Waals surface area contributed by atoms with Gasteiger partial charge in [0.2, 0.25) is 0 Å². The predicted octanol–water partition coefficient (Wildman–Crippen LogP) is 4.76. The first-order chi connectivity index (χ1) is 14.2. The van der Waals surface area contributed by atoms with Crippen molar-refractivity contribution in [1.82, 2.24) is 0 Å². The van der Waals surface area contributed by atoms with Crippen molar-refractivity contribution in [3.8, 4) is 0 Å². The summed E-state index contributed by atoms with van der Waals surface area (Å²) in [6.07, 6.45) is 0.713. The Labute approximate surface area is 181 Å². The van der Waals surface area contributed by atoms with Crippen LogP contribution in [0, 0.1) is 11.8 Å². The summed E-state index contributed by atoms with van der Waals surface area (Å²) < 4.78 is 10.0. The van der Waals surface area contributed by atoms with Crippen LogP contribution in [0.25, 0.3) is 0 Å². The van der Waals surface area contributed by atoms with Crippen molar-refractivity contribution < 1.29 is 19.1 Å². The maximum Gasteiger partial charge on any atom is 0.320 e. The molecule has 30 heavy (non-hydrogen) atoms. The SMILES string of the molecule is COC(=O)C(C(=O)OC)[C@@H](C[C@H](C(C)C)[Si](C)(C)c1ccccc1)c1ccccc1. The molecule has 0 amide bonds. The van der Waals surface area contributed by atoms with Crippen LogP contribution < -0.4 is 5.19 Å². The van der Waals surface area contributed by atoms with Crippen LogP contribution in [-0.2, 0) is 19.1 Å². The van der Waals surface area contributed by atoms with Gasteiger partial charge in [-0.15, -0.1) is 0 Å². The summed E-state index contributed by atoms with van der Waals surface area (Å²) >= 11 is 0. The van der Waals surface area contributed by atoms with Crippen LogP contribution in [0.5, 0.6) is 0 Å². The number of methoxy groups -OCH3 is 2. The average Bonchev–Trinajstić information content (AvgIpc) is 2.76. The molecule has 0 aliphatic rings. The van der Waals surface area contributed by atoms with Crippen LogP contribution in [0.1, 0.15) is 31.7 Å². The van der Waals surface area contributed by atoms with Crippen molar-refractivity contribution in [2.45, 2.75) is 44.8 Å². The molecular formula is C25H34O4Si. The lowest BCUT2D eigenvalue weighted by atomic mass is 9.81. The van der Waals surface area contributed by atoms with E-state index in [1.165, 1.54) is 19.4 Å². The molecule has 0 spiro atoms. The Morgan fingerprint density at radius 3 is 1.73 bits per heavy atom. The second kappa shape index (κ2) is 10.6. The molecule has 2 aromatic rings. The maximum absolute atomic E-state index is 12.7. The van der Waals surface area contributed by atoms with Gasteiger partial charge in [-0.05, 0) is 23.4 Å². The third kappa shape index (κ3) is 5.39. The van der Waals surface area contributed by atoms with Gasteiger partial charge in [0.25, 0.3) is 0 Å². The number of carbonyl (C=O) groups is 2. The molecule has 0 aromatic heterocycles. The Bertz CT molecular complexity index is 802. The topological polar surface area (TPSA) is 52.6 Å². The van der Waals surface area contributed by atoms with Gasteiger partial charge in [0.1, 0.15) is 0 Å². The highest BCUT2D eigenvalue weighted by Crippen LogP contribution is 2.42. The summed E-state index contributed by atoms with van der Waals surface area (Å²) in [5.41, 5.74) is 1.31. The van der Waals surface area contributed by atoms with Gasteiger partial charge in [-0.3, -0.25) is 9.59 Å². The first kappa shape index (κ1) is 23.9. The molecule has 5 heteroatoms. The van der Waals surface area contributed by atoms with E-state index in [-0.39, 0.29) is 5.92 Å². The van der Waals surface area contributed by atoms with E-state index in [1.54, 1.807) is 0 Å². The molecular weight excluding hydrogens is 392 g/mol. The molecule has 0 N–H and O–H groups in total. The Balaban J connectivity index is 2.54. The number of benzene rings is 2. The Hall–Kier alpha value is -2.40. The fourth-order valence-corrected chi connectivity index (χ4v) is 8.59. The van der Waals surface area contributed by atoms with E-state index < -0.39 is 25.9 Å². The molecule has 0 aliphatic carbocycles. The van der Waals surface area contributed by atoms with Crippen molar-refractivity contribution in [2.24, 2.45) is 11.8 Å². The van der Waals surface area contributed by atoms with Crippen molar-refractivity contribution in [3.63, 3.8) is 0 Å². The van der Waals surface area contributed by atoms with E-state index in [9.17, 15) is 9.59 Å². The van der Waals surface area contributed by atoms with Gasteiger partial charge in [-0.25, -0.2) is 0 Å². The summed E-state index contributed by atoms with van der Waals surface area (Å²) in [5, 5.41) is 1.38. The molecule has 0 aliphatic heterocycles. The van der Waals surface area contributed by atoms with E-state index in [0.29, 0.717) is 17.9 Å². The Kier molecular flexibility index (Phi) is 8.41. The first-order valence-corrected chi connectivity index (χ1v) is 13.6. The third-order valence-electron chi connectivity index (χ3n) is 6.30. The Morgan fingerprint density at radius 2 is 1.30 bits per heavy atom. The second-order valence-electron chi connectivity index (χ2n) is 8.72. The van der Waals surface area contributed by atoms with Crippen molar-refractivity contribution >= 4 is 25.2 Å². The second-order valence-corrected chi connectivity index (χ2v) is 13.5. The zero-order valence-electron chi connectivity index (χ0n) is 18.9. The highest BCUT2D eigenvalue weighted by atomic mass is 28.3. The largest absolute Gasteiger partial charge is 0.468 e. The summed E-state index contributed by atoms with van der Waals surface area (Å²) in [6.45, 7) is 9.21. The zero-order valence-corrected chi connectivity index (χ0v) is 19.9. The van der Waals surface area contributed by atoms with Crippen LogP contribution in [0.2, 0.25) is 18.6 Å². The van der Waals surface area contributed by atoms with Crippen LogP contribution in [-0.4, -0.2) is 34.2 Å². The maximum atomic E-state index is 12.7. The highest BCUT2D eigenvalue weighted by molar-refractivity contribution is 6.91. The predicted molar refractivity (Wildman–Crippen MR) is 123 cm³/mol. The molecule has 2 atom stereocenters. The lowest BCUT2D eigenvalue weighted by Gasteiger charge is -2.39. The van der Waals surface area contributed by atoms with Crippen LogP contribution in [0.3, 0.4) is 0 Å². The summed E-state index contributed by atoms with van der Waals surface area (Å²) in [5.74, 6) is -1.98. The molecule has 0 bridgehead atoms. The minimum Gasteiger partial charge on any atom is -0.468 e. The molecule has 0 saturated carbocycles. The van der Waals surface area contributed by atoms with E-state index in [4.69, 9.17) is 9.47 Å². The molecule has 0 saturated heterocycles. The van der Waals surface area contributed by atoms with Gasteiger partial charge in [-0.2, -0.15) is 0 Å². The van der Waals surface area contributed by atoms with Crippen LogP contribution in [0.4, 0.5) is 0 Å². The molecule has 4 nitrogen and oxygen atoms in total. The molecule has 2 rings (SSSR count). The lowest BCUT2D eigenvalue weighted by Crippen LogP contribution is -2.48. The zero-order chi connectivity index (χ0) is 22.3. The van der Waals surface area contributed by atoms with E-state index in [0.717, 1.165) is 5.56 Å². The number of ether oxygens (including phenoxy) is 2. The van der Waals surface area contributed by atoms with Gasteiger partial charge < -0.3 is 9.47 Å². The molecule has 0 radical (unpaired) electrons. The van der Waals surface area contributed by atoms with Gasteiger partial charge in [-0.1, -0.05) is 92.8 Å². The molecule has 0 fully saturated rings. The molecule has 0 heterocycles. The summed E-state index contributed by atoms with van der Waals surface area (Å²) in [6, 6.07) is 20.4. The number of hydrogen-bond acceptors (Lipinski definition) is 4. The summed E-state index contributed by atoms with van der Waals surface area (Å²) in [4.78, 5) is 25.4. The van der Waals surface area contributed by atoms with Gasteiger partial charge in [0.15, 0.2) is 5.92 Å². The smallest absolute Gasteiger partial charge is 0.320 e. The minimum absolute atomic E-state index is 0.311. The van der Waals surface area contributed by atoms with E-state index in [2.05, 4.69) is 51.2 Å². The third-order valence-corrected chi connectivity index (χ3v) is 10.9. The molecule has 0 unspecified atom stereocenters. The standard InChI is InChI=1S/C25H34O4Si/c1-18(2)22(30(5,6)20-15-11-8-12-16-20)17-21(19-13-9-7-10-14-19)23(24(26)28-3)25(27)29-4/h7-16,18,21-23H,17H2,1-6H3/t21-,22+/m0/s1. The quantitative estimate of drug-likeness (QED) is 0.329. The van der Waals surface area contributed by atoms with Gasteiger partial charge in [0, 0.05) is 5.92 Å². The highest BCUT2D eigenvalue weighted by Gasteiger charge is 2.43. The Morgan fingerprint density at radius 1 is 0.833 bits per heavy atom. The van der Waals surface area contributed by atoms with E-state index in [1.807, 2.05) is 36.4 Å². The monoisotopic (exact) mass is 426 g/mol. The van der Waals surface area contributed by atoms with Crippen molar-refractivity contribution in [2.75, 3.05) is 14.2 Å². The molecule has 162 valence electrons.